The van der Waals surface area contributed by atoms with E-state index in [9.17, 15) is 0 Å². The zero-order chi connectivity index (χ0) is 18.6. The summed E-state index contributed by atoms with van der Waals surface area (Å²) >= 11 is 0. The third kappa shape index (κ3) is 4.77. The van der Waals surface area contributed by atoms with Crippen LogP contribution in [0.3, 0.4) is 0 Å². The maximum absolute atomic E-state index is 5.61. The molecule has 0 bridgehead atoms. The molecule has 0 saturated carbocycles. The van der Waals surface area contributed by atoms with Crippen LogP contribution in [0.1, 0.15) is 62.3 Å². The fourth-order valence-electron chi connectivity index (χ4n) is 2.47. The lowest BCUT2D eigenvalue weighted by molar-refractivity contribution is 0.303. The Morgan fingerprint density at radius 3 is 1.58 bits per heavy atom. The zero-order valence-corrected chi connectivity index (χ0v) is 17.1. The van der Waals surface area contributed by atoms with Crippen LogP contribution < -0.4 is 0 Å². The van der Waals surface area contributed by atoms with Gasteiger partial charge in [-0.05, 0) is 90.2 Å². The summed E-state index contributed by atoms with van der Waals surface area (Å²) < 4.78 is 5.61. The highest BCUT2D eigenvalue weighted by molar-refractivity contribution is 5.39. The average molecular weight is 328 g/mol. The summed E-state index contributed by atoms with van der Waals surface area (Å²) in [6.45, 7) is 18.9. The maximum Gasteiger partial charge on any atom is 0.104 e. The third-order valence-electron chi connectivity index (χ3n) is 5.15. The van der Waals surface area contributed by atoms with Crippen LogP contribution in [0, 0.1) is 0 Å². The van der Waals surface area contributed by atoms with E-state index in [0.29, 0.717) is 0 Å². The van der Waals surface area contributed by atoms with Gasteiger partial charge in [-0.15, -0.1) is 0 Å². The minimum absolute atomic E-state index is 1.00. The molecule has 0 amide bonds. The highest BCUT2D eigenvalue weighted by Gasteiger charge is 2.09. The molecule has 0 atom stereocenters. The fourth-order valence-corrected chi connectivity index (χ4v) is 2.47. The van der Waals surface area contributed by atoms with Crippen LogP contribution >= 0.6 is 0 Å². The van der Waals surface area contributed by atoms with Crippen LogP contribution in [0.25, 0.3) is 0 Å². The Kier molecular flexibility index (Phi) is 6.89. The lowest BCUT2D eigenvalue weighted by atomic mass is 10.1. The summed E-state index contributed by atoms with van der Waals surface area (Å²) in [4.78, 5) is 2.24. The van der Waals surface area contributed by atoms with Gasteiger partial charge in [0.1, 0.15) is 11.5 Å². The number of nitrogens with zero attached hydrogens (tertiary/aromatic N) is 1. The number of rotatable bonds is 0. The summed E-state index contributed by atoms with van der Waals surface area (Å²) in [5, 5.41) is 0. The van der Waals surface area contributed by atoms with Crippen molar-refractivity contribution in [2.45, 2.75) is 62.3 Å². The van der Waals surface area contributed by atoms with Gasteiger partial charge in [0.05, 0.1) is 0 Å². The van der Waals surface area contributed by atoms with Crippen LogP contribution in [0.5, 0.6) is 0 Å². The normalized spacial score (nSPS) is 18.9. The first kappa shape index (κ1) is 20.1. The molecule has 0 spiro atoms. The van der Waals surface area contributed by atoms with Crippen molar-refractivity contribution in [1.82, 2.24) is 4.90 Å². The molecule has 0 saturated heterocycles. The van der Waals surface area contributed by atoms with Crippen LogP contribution in [0.15, 0.2) is 69.0 Å². The van der Waals surface area contributed by atoms with Crippen LogP contribution in [-0.2, 0) is 4.74 Å². The molecule has 0 aliphatic carbocycles. The fraction of sp³-hybridized carbons (Fsp3) is 0.455. The predicted octanol–water partition coefficient (Wildman–Crippen LogP) is 6.63. The van der Waals surface area contributed by atoms with E-state index in [4.69, 9.17) is 4.74 Å². The molecule has 0 fully saturated rings. The smallest absolute Gasteiger partial charge is 0.104 e. The van der Waals surface area contributed by atoms with Crippen LogP contribution in [0.2, 0.25) is 0 Å². The highest BCUT2D eigenvalue weighted by Crippen LogP contribution is 2.24. The summed E-state index contributed by atoms with van der Waals surface area (Å²) in [6, 6.07) is 0. The molecular formula is C22H33NO. The van der Waals surface area contributed by atoms with E-state index >= 15 is 0 Å². The summed E-state index contributed by atoms with van der Waals surface area (Å²) in [6.07, 6.45) is 6.52. The molecule has 132 valence electrons. The second kappa shape index (κ2) is 8.23. The first-order chi connectivity index (χ1) is 11.1. The molecule has 0 aromatic carbocycles. The lowest BCUT2D eigenvalue weighted by Crippen LogP contribution is -2.14. The second-order valence-corrected chi connectivity index (χ2v) is 6.78. The van der Waals surface area contributed by atoms with E-state index in [1.165, 1.54) is 39.3 Å². The molecule has 0 N–H and O–H groups in total. The van der Waals surface area contributed by atoms with Gasteiger partial charge in [-0.2, -0.15) is 0 Å². The van der Waals surface area contributed by atoms with Gasteiger partial charge in [0.2, 0.25) is 0 Å². The number of allylic oxidation sites excluding steroid dienone is 12. The quantitative estimate of drug-likeness (QED) is 0.495. The van der Waals surface area contributed by atoms with Crippen molar-refractivity contribution in [3.8, 4) is 0 Å². The van der Waals surface area contributed by atoms with Crippen LogP contribution in [0.4, 0.5) is 0 Å². The SMILES string of the molecule is CC1=C(C)N(C)C(C)=C(C)C=C1.CC1=CC(C)=C(C)OC(C)=C1C. The molecule has 2 aliphatic rings. The largest absolute Gasteiger partial charge is 0.466 e. The molecule has 2 heterocycles. The zero-order valence-electron chi connectivity index (χ0n) is 17.1. The average Bonchev–Trinajstić information content (AvgIpc) is 2.67. The van der Waals surface area contributed by atoms with E-state index in [-0.39, 0.29) is 0 Å². The molecule has 2 rings (SSSR count). The van der Waals surface area contributed by atoms with Crippen molar-refractivity contribution in [3.63, 3.8) is 0 Å². The number of hydrogen-bond acceptors (Lipinski definition) is 2. The van der Waals surface area contributed by atoms with Gasteiger partial charge in [-0.1, -0.05) is 18.2 Å². The Hall–Kier alpha value is -1.96. The number of hydrogen-bond donors (Lipinski definition) is 0. The van der Waals surface area contributed by atoms with E-state index in [1.54, 1.807) is 0 Å². The Balaban J connectivity index is 0.000000240. The van der Waals surface area contributed by atoms with Gasteiger partial charge in [0.25, 0.3) is 0 Å². The van der Waals surface area contributed by atoms with Crippen molar-refractivity contribution in [2.75, 3.05) is 7.05 Å². The van der Waals surface area contributed by atoms with Gasteiger partial charge >= 0.3 is 0 Å². The van der Waals surface area contributed by atoms with Crippen molar-refractivity contribution in [2.24, 2.45) is 0 Å². The standard InChI is InChI=1S/C11H17N.C11H16O/c1-8-6-7-9(2)11(4)12(5)10(8)3;1-7-6-8(2)10(4)12-11(5)9(7)3/h6-7H,1-5H3;6H,1-5H3. The third-order valence-corrected chi connectivity index (χ3v) is 5.15. The maximum atomic E-state index is 5.61. The Labute approximate surface area is 148 Å². The Morgan fingerprint density at radius 2 is 1.12 bits per heavy atom. The van der Waals surface area contributed by atoms with Crippen molar-refractivity contribution < 1.29 is 4.74 Å². The van der Waals surface area contributed by atoms with E-state index in [1.807, 2.05) is 13.8 Å². The van der Waals surface area contributed by atoms with E-state index in [0.717, 1.165) is 11.5 Å². The molecule has 24 heavy (non-hydrogen) atoms. The summed E-state index contributed by atoms with van der Waals surface area (Å²) in [5.41, 5.74) is 9.10. The molecule has 0 aromatic heterocycles. The molecule has 0 aromatic rings. The lowest BCUT2D eigenvalue weighted by Gasteiger charge is -2.21. The molecule has 2 nitrogen and oxygen atoms in total. The van der Waals surface area contributed by atoms with Gasteiger partial charge in [-0.25, -0.2) is 0 Å². The minimum Gasteiger partial charge on any atom is -0.466 e. The van der Waals surface area contributed by atoms with Gasteiger partial charge in [0, 0.05) is 18.4 Å². The molecule has 2 heteroatoms. The molecule has 0 unspecified atom stereocenters. The van der Waals surface area contributed by atoms with E-state index in [2.05, 4.69) is 78.6 Å². The molecule has 2 aliphatic heterocycles. The van der Waals surface area contributed by atoms with Crippen molar-refractivity contribution >= 4 is 0 Å². The monoisotopic (exact) mass is 327 g/mol. The summed E-state index contributed by atoms with van der Waals surface area (Å²) in [5.74, 6) is 2.02. The second-order valence-electron chi connectivity index (χ2n) is 6.78. The van der Waals surface area contributed by atoms with Gasteiger partial charge in [0.15, 0.2) is 0 Å². The minimum atomic E-state index is 1.00. The molecule has 0 radical (unpaired) electrons. The van der Waals surface area contributed by atoms with E-state index < -0.39 is 0 Å². The molecular weight excluding hydrogens is 294 g/mol. The predicted molar refractivity (Wildman–Crippen MR) is 105 cm³/mol. The topological polar surface area (TPSA) is 12.5 Å². The number of ether oxygens (including phenoxy) is 1. The summed E-state index contributed by atoms with van der Waals surface area (Å²) in [7, 11) is 2.12. The van der Waals surface area contributed by atoms with Crippen molar-refractivity contribution in [3.05, 3.63) is 69.0 Å². The highest BCUT2D eigenvalue weighted by atomic mass is 16.5. The Morgan fingerprint density at radius 1 is 0.667 bits per heavy atom. The van der Waals surface area contributed by atoms with Crippen LogP contribution in [-0.4, -0.2) is 11.9 Å². The first-order valence-corrected chi connectivity index (χ1v) is 8.54. The van der Waals surface area contributed by atoms with Gasteiger partial charge in [-0.3, -0.25) is 0 Å². The van der Waals surface area contributed by atoms with Gasteiger partial charge < -0.3 is 9.64 Å². The van der Waals surface area contributed by atoms with Crippen molar-refractivity contribution in [1.29, 1.82) is 0 Å². The Bertz CT molecular complexity index is 665. The first-order valence-electron chi connectivity index (χ1n) is 8.54.